The number of hydrogen-bond donors (Lipinski definition) is 1. The van der Waals surface area contributed by atoms with Crippen molar-refractivity contribution in [2.45, 2.75) is 58.7 Å². The molecule has 0 aromatic carbocycles. The molecule has 2 atom stereocenters. The molecule has 0 bridgehead atoms. The van der Waals surface area contributed by atoms with Crippen molar-refractivity contribution in [1.82, 2.24) is 10.2 Å². The molecule has 0 amide bonds. The van der Waals surface area contributed by atoms with E-state index in [1.165, 1.54) is 37.4 Å². The fourth-order valence-corrected chi connectivity index (χ4v) is 4.40. The van der Waals surface area contributed by atoms with Crippen molar-refractivity contribution in [3.05, 3.63) is 0 Å². The molecule has 2 heterocycles. The average molecular weight is 270 g/mol. The van der Waals surface area contributed by atoms with Gasteiger partial charge in [-0.25, -0.2) is 0 Å². The molecule has 2 unspecified atom stereocenters. The van der Waals surface area contributed by atoms with Gasteiger partial charge in [-0.1, -0.05) is 27.7 Å². The SMILES string of the molecule is CC(C)C1CN(C2CCSCC2)C(C(C)C)CN1. The molecule has 0 spiro atoms. The lowest BCUT2D eigenvalue weighted by molar-refractivity contribution is 0.0419. The fourth-order valence-electron chi connectivity index (χ4n) is 3.32. The van der Waals surface area contributed by atoms with Crippen LogP contribution in [-0.2, 0) is 0 Å². The molecule has 2 aliphatic rings. The van der Waals surface area contributed by atoms with E-state index in [-0.39, 0.29) is 0 Å². The first-order valence-corrected chi connectivity index (χ1v) is 8.82. The monoisotopic (exact) mass is 270 g/mol. The summed E-state index contributed by atoms with van der Waals surface area (Å²) in [5, 5.41) is 3.77. The van der Waals surface area contributed by atoms with E-state index in [1.807, 2.05) is 0 Å². The molecule has 0 aliphatic carbocycles. The molecule has 18 heavy (non-hydrogen) atoms. The predicted octanol–water partition coefficient (Wildman–Crippen LogP) is 2.84. The predicted molar refractivity (Wildman–Crippen MR) is 82.3 cm³/mol. The van der Waals surface area contributed by atoms with Gasteiger partial charge in [-0.05, 0) is 36.2 Å². The van der Waals surface area contributed by atoms with Gasteiger partial charge in [0.15, 0.2) is 0 Å². The Balaban J connectivity index is 2.03. The quantitative estimate of drug-likeness (QED) is 0.849. The third-order valence-electron chi connectivity index (χ3n) is 4.66. The Morgan fingerprint density at radius 2 is 1.72 bits per heavy atom. The first-order chi connectivity index (χ1) is 8.59. The van der Waals surface area contributed by atoms with Crippen molar-refractivity contribution in [3.63, 3.8) is 0 Å². The van der Waals surface area contributed by atoms with Crippen molar-refractivity contribution in [1.29, 1.82) is 0 Å². The Morgan fingerprint density at radius 3 is 2.28 bits per heavy atom. The molecule has 2 rings (SSSR count). The second kappa shape index (κ2) is 6.62. The summed E-state index contributed by atoms with van der Waals surface area (Å²) in [6, 6.07) is 2.28. The minimum Gasteiger partial charge on any atom is -0.311 e. The van der Waals surface area contributed by atoms with Crippen LogP contribution in [0.3, 0.4) is 0 Å². The third kappa shape index (κ3) is 3.43. The number of nitrogens with zero attached hydrogens (tertiary/aromatic N) is 1. The van der Waals surface area contributed by atoms with E-state index in [1.54, 1.807) is 0 Å². The summed E-state index contributed by atoms with van der Waals surface area (Å²) in [6.45, 7) is 11.9. The third-order valence-corrected chi connectivity index (χ3v) is 5.71. The zero-order valence-corrected chi connectivity index (χ0v) is 13.3. The van der Waals surface area contributed by atoms with Crippen LogP contribution >= 0.6 is 11.8 Å². The van der Waals surface area contributed by atoms with E-state index in [9.17, 15) is 0 Å². The zero-order chi connectivity index (χ0) is 13.1. The molecule has 0 aromatic heterocycles. The zero-order valence-electron chi connectivity index (χ0n) is 12.5. The molecule has 3 heteroatoms. The standard InChI is InChI=1S/C15H30N2S/c1-11(2)14-10-17(13-5-7-18-8-6-13)15(9-16-14)12(3)4/h11-16H,5-10H2,1-4H3. The van der Waals surface area contributed by atoms with Gasteiger partial charge in [0.1, 0.15) is 0 Å². The Hall–Kier alpha value is 0.270. The van der Waals surface area contributed by atoms with Crippen molar-refractivity contribution in [2.75, 3.05) is 24.6 Å². The molecule has 0 radical (unpaired) electrons. The van der Waals surface area contributed by atoms with E-state index in [0.717, 1.165) is 23.9 Å². The summed E-state index contributed by atoms with van der Waals surface area (Å²) >= 11 is 2.14. The van der Waals surface area contributed by atoms with Crippen LogP contribution < -0.4 is 5.32 Å². The van der Waals surface area contributed by atoms with Crippen LogP contribution in [0, 0.1) is 11.8 Å². The second-order valence-electron chi connectivity index (χ2n) is 6.61. The van der Waals surface area contributed by atoms with Crippen LogP contribution in [-0.4, -0.2) is 47.6 Å². The number of thioether (sulfide) groups is 1. The van der Waals surface area contributed by atoms with Crippen molar-refractivity contribution >= 4 is 11.8 Å². The summed E-state index contributed by atoms with van der Waals surface area (Å²) in [7, 11) is 0. The Kier molecular flexibility index (Phi) is 5.40. The van der Waals surface area contributed by atoms with E-state index < -0.39 is 0 Å². The Morgan fingerprint density at radius 1 is 1.06 bits per heavy atom. The van der Waals surface area contributed by atoms with Crippen LogP contribution in [0.15, 0.2) is 0 Å². The van der Waals surface area contributed by atoms with Gasteiger partial charge in [-0.3, -0.25) is 4.90 Å². The van der Waals surface area contributed by atoms with Crippen LogP contribution in [0.5, 0.6) is 0 Å². The first kappa shape index (κ1) is 14.7. The minimum absolute atomic E-state index is 0.689. The maximum absolute atomic E-state index is 3.77. The molecule has 1 N–H and O–H groups in total. The van der Waals surface area contributed by atoms with E-state index in [4.69, 9.17) is 0 Å². The molecular formula is C15H30N2S. The molecular weight excluding hydrogens is 240 g/mol. The summed E-state index contributed by atoms with van der Waals surface area (Å²) in [5.74, 6) is 4.25. The lowest BCUT2D eigenvalue weighted by Gasteiger charge is -2.48. The van der Waals surface area contributed by atoms with E-state index >= 15 is 0 Å². The van der Waals surface area contributed by atoms with Gasteiger partial charge < -0.3 is 5.32 Å². The molecule has 106 valence electrons. The number of hydrogen-bond acceptors (Lipinski definition) is 3. The summed E-state index contributed by atoms with van der Waals surface area (Å²) in [6.07, 6.45) is 2.80. The van der Waals surface area contributed by atoms with E-state index in [0.29, 0.717) is 6.04 Å². The van der Waals surface area contributed by atoms with Gasteiger partial charge in [0.2, 0.25) is 0 Å². The topological polar surface area (TPSA) is 15.3 Å². The highest BCUT2D eigenvalue weighted by atomic mass is 32.2. The van der Waals surface area contributed by atoms with Gasteiger partial charge >= 0.3 is 0 Å². The average Bonchev–Trinajstić information content (AvgIpc) is 2.39. The number of piperazine rings is 1. The van der Waals surface area contributed by atoms with E-state index in [2.05, 4.69) is 49.7 Å². The normalized spacial score (nSPS) is 32.3. The fraction of sp³-hybridized carbons (Fsp3) is 1.00. The highest BCUT2D eigenvalue weighted by molar-refractivity contribution is 7.99. The molecule has 0 aromatic rings. The highest BCUT2D eigenvalue weighted by Crippen LogP contribution is 2.28. The smallest absolute Gasteiger partial charge is 0.0247 e. The van der Waals surface area contributed by atoms with Crippen LogP contribution in [0.1, 0.15) is 40.5 Å². The molecule has 2 nitrogen and oxygen atoms in total. The van der Waals surface area contributed by atoms with Crippen LogP contribution in [0.4, 0.5) is 0 Å². The van der Waals surface area contributed by atoms with Gasteiger partial charge in [0.05, 0.1) is 0 Å². The Bertz CT molecular complexity index is 249. The van der Waals surface area contributed by atoms with Gasteiger partial charge in [0.25, 0.3) is 0 Å². The van der Waals surface area contributed by atoms with Crippen LogP contribution in [0.2, 0.25) is 0 Å². The molecule has 2 aliphatic heterocycles. The van der Waals surface area contributed by atoms with Gasteiger partial charge in [0, 0.05) is 31.2 Å². The largest absolute Gasteiger partial charge is 0.311 e. The second-order valence-corrected chi connectivity index (χ2v) is 7.84. The molecule has 2 saturated heterocycles. The summed E-state index contributed by atoms with van der Waals surface area (Å²) in [4.78, 5) is 2.85. The maximum atomic E-state index is 3.77. The summed E-state index contributed by atoms with van der Waals surface area (Å²) < 4.78 is 0. The number of nitrogens with one attached hydrogen (secondary N) is 1. The van der Waals surface area contributed by atoms with Crippen LogP contribution in [0.25, 0.3) is 0 Å². The van der Waals surface area contributed by atoms with Gasteiger partial charge in [-0.15, -0.1) is 0 Å². The Labute approximate surface area is 117 Å². The van der Waals surface area contributed by atoms with Crippen molar-refractivity contribution in [3.8, 4) is 0 Å². The van der Waals surface area contributed by atoms with Crippen molar-refractivity contribution in [2.24, 2.45) is 11.8 Å². The highest BCUT2D eigenvalue weighted by Gasteiger charge is 2.35. The van der Waals surface area contributed by atoms with Gasteiger partial charge in [-0.2, -0.15) is 11.8 Å². The maximum Gasteiger partial charge on any atom is 0.0247 e. The lowest BCUT2D eigenvalue weighted by Crippen LogP contribution is -2.62. The lowest BCUT2D eigenvalue weighted by atomic mass is 9.91. The number of rotatable bonds is 3. The molecule has 0 saturated carbocycles. The summed E-state index contributed by atoms with van der Waals surface area (Å²) in [5.41, 5.74) is 0. The molecule has 2 fully saturated rings. The minimum atomic E-state index is 0.689. The first-order valence-electron chi connectivity index (χ1n) is 7.66. The van der Waals surface area contributed by atoms with Crippen molar-refractivity contribution < 1.29 is 0 Å².